The van der Waals surface area contributed by atoms with Gasteiger partial charge in [0.05, 0.1) is 7.11 Å². The van der Waals surface area contributed by atoms with Gasteiger partial charge in [-0.05, 0) is 18.2 Å². The molecule has 0 aliphatic carbocycles. The summed E-state index contributed by atoms with van der Waals surface area (Å²) in [7, 11) is 1.35. The van der Waals surface area contributed by atoms with E-state index in [0.717, 1.165) is 0 Å². The third-order valence-electron chi connectivity index (χ3n) is 2.48. The Kier molecular flexibility index (Phi) is 4.30. The number of methoxy groups -OCH3 is 1. The van der Waals surface area contributed by atoms with Crippen LogP contribution in [-0.2, 0) is 0 Å². The fraction of sp³-hybridized carbons (Fsp3) is 0.0769. The van der Waals surface area contributed by atoms with Crippen LogP contribution in [0.15, 0.2) is 36.7 Å². The number of hydrogen-bond acceptors (Lipinski definition) is 5. The van der Waals surface area contributed by atoms with Crippen molar-refractivity contribution in [3.05, 3.63) is 42.2 Å². The normalized spacial score (nSPS) is 9.76. The van der Waals surface area contributed by atoms with Crippen LogP contribution in [0.4, 0.5) is 16.4 Å². The molecule has 0 radical (unpaired) electrons. The number of nitrogens with one attached hydrogen (secondary N) is 2. The highest BCUT2D eigenvalue weighted by Crippen LogP contribution is 2.23. The van der Waals surface area contributed by atoms with Gasteiger partial charge >= 0.3 is 12.0 Å². The van der Waals surface area contributed by atoms with Crippen molar-refractivity contribution in [3.63, 3.8) is 0 Å². The number of anilines is 2. The summed E-state index contributed by atoms with van der Waals surface area (Å²) in [5.74, 6) is -0.805. The summed E-state index contributed by atoms with van der Waals surface area (Å²) in [5.41, 5.74) is 0.389. The molecule has 1 heterocycles. The quantitative estimate of drug-likeness (QED) is 0.791. The lowest BCUT2D eigenvalue weighted by molar-refractivity contribution is 0.0693. The zero-order valence-corrected chi connectivity index (χ0v) is 11.0. The van der Waals surface area contributed by atoms with Gasteiger partial charge < -0.3 is 15.2 Å². The number of rotatable bonds is 4. The van der Waals surface area contributed by atoms with E-state index in [2.05, 4.69) is 20.6 Å². The molecule has 8 nitrogen and oxygen atoms in total. The maximum Gasteiger partial charge on any atom is 0.339 e. The molecule has 0 aliphatic heterocycles. The van der Waals surface area contributed by atoms with Gasteiger partial charge in [-0.1, -0.05) is 0 Å². The number of carboxylic acids is 1. The average Bonchev–Trinajstić information content (AvgIpc) is 2.47. The van der Waals surface area contributed by atoms with Crippen molar-refractivity contribution < 1.29 is 19.4 Å². The third-order valence-corrected chi connectivity index (χ3v) is 2.48. The second kappa shape index (κ2) is 6.33. The first-order valence-corrected chi connectivity index (χ1v) is 5.86. The molecule has 0 fully saturated rings. The molecule has 0 atom stereocenters. The Labute approximate surface area is 119 Å². The summed E-state index contributed by atoms with van der Waals surface area (Å²) in [6.45, 7) is 0. The standard InChI is InChI=1S/C13H12N4O4/c1-21-10-7-8(3-4-9(10)11(18)19)16-13(20)17-12-14-5-2-6-15-12/h2-7H,1H3,(H,18,19)(H2,14,15,16,17,20). The van der Waals surface area contributed by atoms with Crippen molar-refractivity contribution in [1.29, 1.82) is 0 Å². The molecule has 2 rings (SSSR count). The summed E-state index contributed by atoms with van der Waals surface area (Å²) in [6.07, 6.45) is 2.99. The predicted octanol–water partition coefficient (Wildman–Crippen LogP) is 1.83. The largest absolute Gasteiger partial charge is 0.496 e. The molecule has 0 aliphatic rings. The molecule has 21 heavy (non-hydrogen) atoms. The SMILES string of the molecule is COc1cc(NC(=O)Nc2ncccn2)ccc1C(=O)O. The number of hydrogen-bond donors (Lipinski definition) is 3. The molecule has 0 saturated heterocycles. The van der Waals surface area contributed by atoms with Crippen LogP contribution in [0, 0.1) is 0 Å². The maximum atomic E-state index is 11.7. The molecule has 2 amide bonds. The van der Waals surface area contributed by atoms with Gasteiger partial charge in [0.1, 0.15) is 11.3 Å². The van der Waals surface area contributed by atoms with E-state index in [4.69, 9.17) is 9.84 Å². The molecule has 2 aromatic rings. The zero-order chi connectivity index (χ0) is 15.2. The van der Waals surface area contributed by atoms with Crippen molar-refractivity contribution in [2.24, 2.45) is 0 Å². The highest BCUT2D eigenvalue weighted by Gasteiger charge is 2.12. The number of amides is 2. The van der Waals surface area contributed by atoms with Crippen LogP contribution >= 0.6 is 0 Å². The fourth-order valence-corrected chi connectivity index (χ4v) is 1.57. The first-order chi connectivity index (χ1) is 10.1. The molecule has 0 unspecified atom stereocenters. The van der Waals surface area contributed by atoms with Gasteiger partial charge in [-0.2, -0.15) is 0 Å². The van der Waals surface area contributed by atoms with Crippen LogP contribution in [0.25, 0.3) is 0 Å². The lowest BCUT2D eigenvalue weighted by Gasteiger charge is -2.09. The molecule has 1 aromatic carbocycles. The van der Waals surface area contributed by atoms with Crippen LogP contribution in [0.3, 0.4) is 0 Å². The topological polar surface area (TPSA) is 113 Å². The Hall–Kier alpha value is -3.16. The predicted molar refractivity (Wildman–Crippen MR) is 74.6 cm³/mol. The number of ether oxygens (including phenoxy) is 1. The zero-order valence-electron chi connectivity index (χ0n) is 11.0. The van der Waals surface area contributed by atoms with E-state index in [-0.39, 0.29) is 17.3 Å². The number of carboxylic acid groups (broad SMARTS) is 1. The number of benzene rings is 1. The number of carbonyl (C=O) groups excluding carboxylic acids is 1. The number of aromatic carboxylic acids is 1. The van der Waals surface area contributed by atoms with Crippen LogP contribution < -0.4 is 15.4 Å². The number of carbonyl (C=O) groups is 2. The minimum absolute atomic E-state index is 0.00912. The van der Waals surface area contributed by atoms with Gasteiger partial charge in [0.25, 0.3) is 0 Å². The number of nitrogens with zero attached hydrogens (tertiary/aromatic N) is 2. The molecular weight excluding hydrogens is 276 g/mol. The van der Waals surface area contributed by atoms with Gasteiger partial charge in [-0.3, -0.25) is 5.32 Å². The lowest BCUT2D eigenvalue weighted by atomic mass is 10.2. The third kappa shape index (κ3) is 3.66. The Bertz CT molecular complexity index is 660. The minimum atomic E-state index is -1.11. The van der Waals surface area contributed by atoms with E-state index in [1.165, 1.54) is 37.7 Å². The number of urea groups is 1. The van der Waals surface area contributed by atoms with Gasteiger partial charge in [0.15, 0.2) is 0 Å². The van der Waals surface area contributed by atoms with E-state index >= 15 is 0 Å². The van der Waals surface area contributed by atoms with Crippen LogP contribution in [0.1, 0.15) is 10.4 Å². The first kappa shape index (κ1) is 14.3. The van der Waals surface area contributed by atoms with E-state index in [9.17, 15) is 9.59 Å². The van der Waals surface area contributed by atoms with E-state index in [0.29, 0.717) is 5.69 Å². The van der Waals surface area contributed by atoms with Gasteiger partial charge in [-0.25, -0.2) is 19.6 Å². The second-order valence-corrected chi connectivity index (χ2v) is 3.87. The highest BCUT2D eigenvalue weighted by atomic mass is 16.5. The second-order valence-electron chi connectivity index (χ2n) is 3.87. The summed E-state index contributed by atoms with van der Waals surface area (Å²) in [6, 6.07) is 5.28. The fourth-order valence-electron chi connectivity index (χ4n) is 1.57. The van der Waals surface area contributed by atoms with E-state index in [1.54, 1.807) is 6.07 Å². The average molecular weight is 288 g/mol. The lowest BCUT2D eigenvalue weighted by Crippen LogP contribution is -2.20. The first-order valence-electron chi connectivity index (χ1n) is 5.86. The molecule has 8 heteroatoms. The number of aromatic nitrogens is 2. The molecule has 108 valence electrons. The van der Waals surface area contributed by atoms with Crippen molar-refractivity contribution >= 4 is 23.6 Å². The summed E-state index contributed by atoms with van der Waals surface area (Å²) in [4.78, 5) is 30.4. The Morgan fingerprint density at radius 2 is 1.90 bits per heavy atom. The smallest absolute Gasteiger partial charge is 0.339 e. The van der Waals surface area contributed by atoms with E-state index in [1.807, 2.05) is 0 Å². The summed E-state index contributed by atoms with van der Waals surface area (Å²) in [5, 5.41) is 13.9. The van der Waals surface area contributed by atoms with Gasteiger partial charge in [-0.15, -0.1) is 0 Å². The molecule has 1 aromatic heterocycles. The highest BCUT2D eigenvalue weighted by molar-refractivity contribution is 5.99. The Morgan fingerprint density at radius 3 is 2.52 bits per heavy atom. The van der Waals surface area contributed by atoms with Gasteiger partial charge in [0, 0.05) is 24.1 Å². The molecule has 0 spiro atoms. The van der Waals surface area contributed by atoms with Crippen molar-refractivity contribution in [2.45, 2.75) is 0 Å². The monoisotopic (exact) mass is 288 g/mol. The molecular formula is C13H12N4O4. The molecule has 3 N–H and O–H groups in total. The van der Waals surface area contributed by atoms with Crippen LogP contribution in [0.2, 0.25) is 0 Å². The Balaban J connectivity index is 2.09. The summed E-state index contributed by atoms with van der Waals surface area (Å²) < 4.78 is 4.97. The Morgan fingerprint density at radius 1 is 1.19 bits per heavy atom. The molecule has 0 bridgehead atoms. The van der Waals surface area contributed by atoms with E-state index < -0.39 is 12.0 Å². The van der Waals surface area contributed by atoms with Gasteiger partial charge in [0.2, 0.25) is 5.95 Å². The molecule has 0 saturated carbocycles. The maximum absolute atomic E-state index is 11.7. The van der Waals surface area contributed by atoms with Crippen LogP contribution in [-0.4, -0.2) is 34.2 Å². The van der Waals surface area contributed by atoms with Crippen molar-refractivity contribution in [1.82, 2.24) is 9.97 Å². The minimum Gasteiger partial charge on any atom is -0.496 e. The van der Waals surface area contributed by atoms with Crippen LogP contribution in [0.5, 0.6) is 5.75 Å². The summed E-state index contributed by atoms with van der Waals surface area (Å²) >= 11 is 0. The van der Waals surface area contributed by atoms with Crippen molar-refractivity contribution in [3.8, 4) is 5.75 Å². The van der Waals surface area contributed by atoms with Crippen molar-refractivity contribution in [2.75, 3.05) is 17.7 Å².